The van der Waals surface area contributed by atoms with Gasteiger partial charge in [0.1, 0.15) is 0 Å². The predicted octanol–water partition coefficient (Wildman–Crippen LogP) is 2.07. The zero-order chi connectivity index (χ0) is 18.9. The molecule has 0 atom stereocenters. The van der Waals surface area contributed by atoms with E-state index < -0.39 is 0 Å². The Kier molecular flexibility index (Phi) is 7.53. The quantitative estimate of drug-likeness (QED) is 0.747. The molecule has 2 aromatic rings. The maximum atomic E-state index is 12.0. The third-order valence-corrected chi connectivity index (χ3v) is 4.41. The zero-order valence-corrected chi connectivity index (χ0v) is 15.9. The second-order valence-electron chi connectivity index (χ2n) is 6.27. The van der Waals surface area contributed by atoms with E-state index in [1.165, 1.54) is 16.3 Å². The molecule has 0 unspecified atom stereocenters. The number of hydrogen-bond acceptors (Lipinski definition) is 4. The molecule has 6 heteroatoms. The number of nitrogens with one attached hydrogen (secondary N) is 1. The molecule has 26 heavy (non-hydrogen) atoms. The Labute approximate surface area is 154 Å². The Hall–Kier alpha value is -2.47. The number of nitrogens with zero attached hydrogens (tertiary/aromatic N) is 3. The molecular formula is C20H28N4O2. The molecule has 1 heterocycles. The maximum Gasteiger partial charge on any atom is 0.266 e. The molecule has 1 aromatic heterocycles. The molecule has 0 aliphatic carbocycles. The molecule has 0 spiro atoms. The minimum absolute atomic E-state index is 0.0633. The van der Waals surface area contributed by atoms with Gasteiger partial charge in [-0.15, -0.1) is 0 Å². The molecule has 1 N–H and O–H groups in total. The summed E-state index contributed by atoms with van der Waals surface area (Å²) in [5.74, 6) is -0.0633. The summed E-state index contributed by atoms with van der Waals surface area (Å²) in [7, 11) is 0. The molecular weight excluding hydrogens is 328 g/mol. The lowest BCUT2D eigenvalue weighted by atomic mass is 10.1. The summed E-state index contributed by atoms with van der Waals surface area (Å²) in [4.78, 5) is 26.3. The molecule has 0 fully saturated rings. The van der Waals surface area contributed by atoms with Crippen LogP contribution in [0.2, 0.25) is 0 Å². The van der Waals surface area contributed by atoms with Crippen LogP contribution in [0.25, 0.3) is 11.3 Å². The highest BCUT2D eigenvalue weighted by Gasteiger charge is 2.07. The van der Waals surface area contributed by atoms with Gasteiger partial charge in [-0.2, -0.15) is 5.10 Å². The van der Waals surface area contributed by atoms with E-state index >= 15 is 0 Å². The second-order valence-corrected chi connectivity index (χ2v) is 6.27. The van der Waals surface area contributed by atoms with Crippen molar-refractivity contribution in [3.8, 4) is 11.3 Å². The highest BCUT2D eigenvalue weighted by atomic mass is 16.2. The molecule has 0 aliphatic heterocycles. The summed E-state index contributed by atoms with van der Waals surface area (Å²) >= 11 is 0. The number of aromatic nitrogens is 2. The summed E-state index contributed by atoms with van der Waals surface area (Å²) in [6.45, 7) is 9.89. The molecule has 6 nitrogen and oxygen atoms in total. The van der Waals surface area contributed by atoms with Gasteiger partial charge in [-0.05, 0) is 26.1 Å². The lowest BCUT2D eigenvalue weighted by Crippen LogP contribution is -2.35. The average molecular weight is 356 g/mol. The Morgan fingerprint density at radius 2 is 1.81 bits per heavy atom. The topological polar surface area (TPSA) is 67.2 Å². The van der Waals surface area contributed by atoms with Crippen LogP contribution < -0.4 is 10.9 Å². The standard InChI is InChI=1S/C20H28N4O2/c1-4-23(5-2)15-13-21-19(25)12-14-24-20(26)11-10-18(22-24)17-8-6-16(3)7-9-17/h6-11H,4-5,12-15H2,1-3H3,(H,21,25). The Balaban J connectivity index is 1.92. The minimum atomic E-state index is -0.197. The fourth-order valence-electron chi connectivity index (χ4n) is 2.68. The number of carbonyl (C=O) groups is 1. The number of carbonyl (C=O) groups excluding carboxylic acids is 1. The Morgan fingerprint density at radius 3 is 2.46 bits per heavy atom. The van der Waals surface area contributed by atoms with Crippen LogP contribution in [0.5, 0.6) is 0 Å². The summed E-state index contributed by atoms with van der Waals surface area (Å²) in [5, 5.41) is 7.30. The van der Waals surface area contributed by atoms with E-state index in [-0.39, 0.29) is 24.4 Å². The highest BCUT2D eigenvalue weighted by Crippen LogP contribution is 2.15. The van der Waals surface area contributed by atoms with Gasteiger partial charge in [-0.1, -0.05) is 43.7 Å². The van der Waals surface area contributed by atoms with Gasteiger partial charge < -0.3 is 10.2 Å². The van der Waals surface area contributed by atoms with Crippen LogP contribution in [0.3, 0.4) is 0 Å². The van der Waals surface area contributed by atoms with Crippen LogP contribution >= 0.6 is 0 Å². The number of benzene rings is 1. The lowest BCUT2D eigenvalue weighted by Gasteiger charge is -2.17. The van der Waals surface area contributed by atoms with Gasteiger partial charge in [0.25, 0.3) is 5.56 Å². The summed E-state index contributed by atoms with van der Waals surface area (Å²) in [6, 6.07) is 11.2. The number of likely N-dealkylation sites (N-methyl/N-ethyl adjacent to an activating group) is 1. The van der Waals surface area contributed by atoms with Gasteiger partial charge in [-0.3, -0.25) is 9.59 Å². The van der Waals surface area contributed by atoms with Crippen LogP contribution in [0, 0.1) is 6.92 Å². The molecule has 0 bridgehead atoms. The summed E-state index contributed by atoms with van der Waals surface area (Å²) < 4.78 is 1.36. The number of hydrogen-bond donors (Lipinski definition) is 1. The molecule has 0 aliphatic rings. The van der Waals surface area contributed by atoms with Crippen molar-refractivity contribution in [2.45, 2.75) is 33.7 Å². The number of rotatable bonds is 9. The van der Waals surface area contributed by atoms with Crippen LogP contribution in [0.15, 0.2) is 41.2 Å². The predicted molar refractivity (Wildman–Crippen MR) is 104 cm³/mol. The fraction of sp³-hybridized carbons (Fsp3) is 0.450. The van der Waals surface area contributed by atoms with Crippen molar-refractivity contribution >= 4 is 5.91 Å². The van der Waals surface area contributed by atoms with Crippen LogP contribution in [-0.4, -0.2) is 46.8 Å². The normalized spacial score (nSPS) is 10.9. The molecule has 0 radical (unpaired) electrons. The SMILES string of the molecule is CCN(CC)CCNC(=O)CCn1nc(-c2ccc(C)cc2)ccc1=O. The van der Waals surface area contributed by atoms with Gasteiger partial charge in [0.05, 0.1) is 12.2 Å². The maximum absolute atomic E-state index is 12.0. The summed E-state index contributed by atoms with van der Waals surface area (Å²) in [6.07, 6.45) is 0.239. The third-order valence-electron chi connectivity index (χ3n) is 4.41. The van der Waals surface area contributed by atoms with Gasteiger partial charge >= 0.3 is 0 Å². The van der Waals surface area contributed by atoms with Crippen molar-refractivity contribution in [3.05, 3.63) is 52.3 Å². The fourth-order valence-corrected chi connectivity index (χ4v) is 2.68. The highest BCUT2D eigenvalue weighted by molar-refractivity contribution is 5.75. The molecule has 140 valence electrons. The number of amides is 1. The molecule has 2 rings (SSSR count). The van der Waals surface area contributed by atoms with E-state index in [0.29, 0.717) is 6.54 Å². The van der Waals surface area contributed by atoms with E-state index in [0.717, 1.165) is 30.9 Å². The summed E-state index contributed by atoms with van der Waals surface area (Å²) in [5.41, 5.74) is 2.65. The van der Waals surface area contributed by atoms with Gasteiger partial charge in [0, 0.05) is 31.1 Å². The minimum Gasteiger partial charge on any atom is -0.355 e. The largest absolute Gasteiger partial charge is 0.355 e. The van der Waals surface area contributed by atoms with E-state index in [1.54, 1.807) is 6.07 Å². The molecule has 0 saturated heterocycles. The average Bonchev–Trinajstić information content (AvgIpc) is 2.65. The van der Waals surface area contributed by atoms with Gasteiger partial charge in [0.15, 0.2) is 0 Å². The van der Waals surface area contributed by atoms with Crippen molar-refractivity contribution in [3.63, 3.8) is 0 Å². The lowest BCUT2D eigenvalue weighted by molar-refractivity contribution is -0.121. The molecule has 0 saturated carbocycles. The van der Waals surface area contributed by atoms with E-state index in [1.807, 2.05) is 31.2 Å². The van der Waals surface area contributed by atoms with Crippen LogP contribution in [0.1, 0.15) is 25.8 Å². The van der Waals surface area contributed by atoms with E-state index in [4.69, 9.17) is 0 Å². The smallest absolute Gasteiger partial charge is 0.266 e. The molecule has 1 amide bonds. The first-order valence-corrected chi connectivity index (χ1v) is 9.17. The van der Waals surface area contributed by atoms with Crippen molar-refractivity contribution < 1.29 is 4.79 Å². The van der Waals surface area contributed by atoms with Crippen molar-refractivity contribution in [1.82, 2.24) is 20.0 Å². The van der Waals surface area contributed by atoms with Crippen molar-refractivity contribution in [2.75, 3.05) is 26.2 Å². The van der Waals surface area contributed by atoms with Crippen molar-refractivity contribution in [2.24, 2.45) is 0 Å². The first-order chi connectivity index (χ1) is 12.5. The second kappa shape index (κ2) is 9.87. The first-order valence-electron chi connectivity index (χ1n) is 9.17. The van der Waals surface area contributed by atoms with Crippen molar-refractivity contribution in [1.29, 1.82) is 0 Å². The first kappa shape index (κ1) is 19.8. The van der Waals surface area contributed by atoms with E-state index in [9.17, 15) is 9.59 Å². The van der Waals surface area contributed by atoms with Crippen LogP contribution in [0.4, 0.5) is 0 Å². The Morgan fingerprint density at radius 1 is 1.12 bits per heavy atom. The van der Waals surface area contributed by atoms with E-state index in [2.05, 4.69) is 29.2 Å². The van der Waals surface area contributed by atoms with Gasteiger partial charge in [0.2, 0.25) is 5.91 Å². The number of aryl methyl sites for hydroxylation is 2. The molecule has 1 aromatic carbocycles. The monoisotopic (exact) mass is 356 g/mol. The van der Waals surface area contributed by atoms with Gasteiger partial charge in [-0.25, -0.2) is 4.68 Å². The van der Waals surface area contributed by atoms with Crippen LogP contribution in [-0.2, 0) is 11.3 Å². The Bertz CT molecular complexity index is 764. The zero-order valence-electron chi connectivity index (χ0n) is 15.9. The third kappa shape index (κ3) is 5.81.